The van der Waals surface area contributed by atoms with Crippen molar-refractivity contribution in [1.29, 1.82) is 0 Å². The van der Waals surface area contributed by atoms with E-state index >= 15 is 4.39 Å². The summed E-state index contributed by atoms with van der Waals surface area (Å²) in [6.07, 6.45) is 3.11. The Kier molecular flexibility index (Phi) is 7.80. The van der Waals surface area contributed by atoms with Gasteiger partial charge in [-0.05, 0) is 46.8 Å². The summed E-state index contributed by atoms with van der Waals surface area (Å²) in [4.78, 5) is 30.7. The van der Waals surface area contributed by atoms with Gasteiger partial charge >= 0.3 is 6.09 Å². The van der Waals surface area contributed by atoms with Gasteiger partial charge in [-0.25, -0.2) is 19.2 Å². The minimum atomic E-state index is -0.639. The third kappa shape index (κ3) is 5.60. The van der Waals surface area contributed by atoms with Crippen LogP contribution in [0.4, 0.5) is 14.9 Å². The van der Waals surface area contributed by atoms with E-state index in [-0.39, 0.29) is 47.9 Å². The maximum atomic E-state index is 15.5. The number of aromatic nitrogens is 5. The molecular weight excluding hydrogens is 545 g/mol. The quantitative estimate of drug-likeness (QED) is 0.300. The van der Waals surface area contributed by atoms with E-state index in [4.69, 9.17) is 18.9 Å². The van der Waals surface area contributed by atoms with E-state index in [2.05, 4.69) is 25.0 Å². The Morgan fingerprint density at radius 2 is 1.83 bits per heavy atom. The average Bonchev–Trinajstić information content (AvgIpc) is 3.30. The second kappa shape index (κ2) is 11.2. The van der Waals surface area contributed by atoms with E-state index in [0.29, 0.717) is 35.1 Å². The van der Waals surface area contributed by atoms with Gasteiger partial charge in [0.2, 0.25) is 5.88 Å². The van der Waals surface area contributed by atoms with Crippen LogP contribution >= 0.6 is 0 Å². The molecule has 224 valence electrons. The molecular formula is C29H36FN7O5. The van der Waals surface area contributed by atoms with Gasteiger partial charge in [0.15, 0.2) is 29.8 Å². The summed E-state index contributed by atoms with van der Waals surface area (Å²) in [7, 11) is 4.67. The Bertz CT molecular complexity index is 1620. The third-order valence-corrected chi connectivity index (χ3v) is 6.95. The number of pyridine rings is 1. The van der Waals surface area contributed by atoms with Crippen molar-refractivity contribution >= 4 is 33.7 Å². The molecule has 0 radical (unpaired) electrons. The van der Waals surface area contributed by atoms with Gasteiger partial charge in [-0.1, -0.05) is 0 Å². The van der Waals surface area contributed by atoms with Crippen LogP contribution in [0, 0.1) is 5.82 Å². The van der Waals surface area contributed by atoms with Gasteiger partial charge in [-0.3, -0.25) is 9.58 Å². The number of ether oxygens (including phenoxy) is 4. The maximum Gasteiger partial charge on any atom is 0.410 e. The second-order valence-corrected chi connectivity index (χ2v) is 11.5. The summed E-state index contributed by atoms with van der Waals surface area (Å²) in [5, 5.41) is 5.36. The van der Waals surface area contributed by atoms with Crippen molar-refractivity contribution in [3.8, 4) is 23.0 Å². The number of hydrogen-bond acceptors (Lipinski definition) is 10. The van der Waals surface area contributed by atoms with Crippen molar-refractivity contribution in [3.05, 3.63) is 30.3 Å². The molecule has 2 atom stereocenters. The van der Waals surface area contributed by atoms with E-state index in [1.807, 2.05) is 40.7 Å². The number of piperazine rings is 1. The first-order valence-electron chi connectivity index (χ1n) is 13.7. The number of carbonyl (C=O) groups excluding carboxylic acids is 1. The Hall–Kier alpha value is -4.26. The van der Waals surface area contributed by atoms with Gasteiger partial charge in [0, 0.05) is 38.8 Å². The van der Waals surface area contributed by atoms with Gasteiger partial charge in [0.25, 0.3) is 0 Å². The van der Waals surface area contributed by atoms with Crippen LogP contribution in [-0.2, 0) is 16.5 Å². The van der Waals surface area contributed by atoms with Gasteiger partial charge in [-0.2, -0.15) is 10.1 Å². The normalized spacial score (nSPS) is 17.6. The number of methoxy groups -OCH3 is 2. The standard InChI is InChI=1S/C29H36FN7O5/c1-16-12-36(13-17(2)37(16)28(38)42-29(3,4)5)19-10-21-25(31-11-19)32-26(33-27(21)40-8)20-9-18-14-35(6)34-23(18)22(30)24(20)41-15-39-7/h9-11,14,16-17H,12-13,15H2,1-8H3/t16-,17+. The number of rotatable bonds is 6. The van der Waals surface area contributed by atoms with Crippen LogP contribution in [0.1, 0.15) is 34.6 Å². The van der Waals surface area contributed by atoms with Gasteiger partial charge < -0.3 is 23.8 Å². The van der Waals surface area contributed by atoms with E-state index in [9.17, 15) is 4.79 Å². The van der Waals surface area contributed by atoms with Gasteiger partial charge in [0.05, 0.1) is 42.0 Å². The number of fused-ring (bicyclic) bond motifs is 2. The zero-order valence-electron chi connectivity index (χ0n) is 25.1. The lowest BCUT2D eigenvalue weighted by molar-refractivity contribution is 0.00565. The van der Waals surface area contributed by atoms with Crippen LogP contribution in [0.25, 0.3) is 33.3 Å². The number of hydrogen-bond donors (Lipinski definition) is 0. The van der Waals surface area contributed by atoms with E-state index < -0.39 is 11.4 Å². The number of anilines is 1. The van der Waals surface area contributed by atoms with Crippen molar-refractivity contribution in [2.24, 2.45) is 7.05 Å². The molecule has 4 heterocycles. The SMILES string of the molecule is COCOc1c(-c2nc(OC)c3cc(N4C[C@@H](C)N(C(=O)OC(C)(C)C)[C@@H](C)C4)cnc3n2)cc2cn(C)nc2c1F. The van der Waals surface area contributed by atoms with Crippen LogP contribution in [0.3, 0.4) is 0 Å². The molecule has 1 aliphatic heterocycles. The average molecular weight is 582 g/mol. The first kappa shape index (κ1) is 29.2. The molecule has 42 heavy (non-hydrogen) atoms. The summed E-state index contributed by atoms with van der Waals surface area (Å²) >= 11 is 0. The summed E-state index contributed by atoms with van der Waals surface area (Å²) in [5.74, 6) is -0.252. The van der Waals surface area contributed by atoms with Crippen molar-refractivity contribution in [3.63, 3.8) is 0 Å². The van der Waals surface area contributed by atoms with E-state index in [0.717, 1.165) is 5.69 Å². The smallest absolute Gasteiger partial charge is 0.410 e. The highest BCUT2D eigenvalue weighted by molar-refractivity contribution is 5.90. The van der Waals surface area contributed by atoms with Crippen molar-refractivity contribution in [2.45, 2.75) is 52.3 Å². The van der Waals surface area contributed by atoms with E-state index in [1.165, 1.54) is 18.9 Å². The van der Waals surface area contributed by atoms with Crippen molar-refractivity contribution < 1.29 is 28.1 Å². The van der Waals surface area contributed by atoms with Crippen LogP contribution < -0.4 is 14.4 Å². The molecule has 4 aromatic rings. The maximum absolute atomic E-state index is 15.5. The molecule has 1 aliphatic rings. The van der Waals surface area contributed by atoms with Crippen LogP contribution in [0.5, 0.6) is 11.6 Å². The molecule has 0 bridgehead atoms. The summed E-state index contributed by atoms with van der Waals surface area (Å²) in [5.41, 5.74) is 1.12. The minimum Gasteiger partial charge on any atom is -0.480 e. The second-order valence-electron chi connectivity index (χ2n) is 11.5. The molecule has 0 spiro atoms. The lowest BCUT2D eigenvalue weighted by Crippen LogP contribution is -2.59. The molecule has 0 unspecified atom stereocenters. The molecule has 1 saturated heterocycles. The van der Waals surface area contributed by atoms with Crippen molar-refractivity contribution in [2.75, 3.05) is 39.0 Å². The number of aryl methyl sites for hydroxylation is 1. The monoisotopic (exact) mass is 581 g/mol. The fourth-order valence-electron chi connectivity index (χ4n) is 5.29. The molecule has 12 nitrogen and oxygen atoms in total. The first-order chi connectivity index (χ1) is 19.9. The minimum absolute atomic E-state index is 0.0769. The molecule has 5 rings (SSSR count). The number of carbonyl (C=O) groups is 1. The largest absolute Gasteiger partial charge is 0.480 e. The first-order valence-corrected chi connectivity index (χ1v) is 13.7. The molecule has 3 aromatic heterocycles. The van der Waals surface area contributed by atoms with Gasteiger partial charge in [0.1, 0.15) is 11.1 Å². The molecule has 0 aliphatic carbocycles. The lowest BCUT2D eigenvalue weighted by Gasteiger charge is -2.45. The molecule has 1 amide bonds. The third-order valence-electron chi connectivity index (χ3n) is 6.95. The molecule has 0 N–H and O–H groups in total. The zero-order valence-corrected chi connectivity index (χ0v) is 25.1. The Balaban J connectivity index is 1.50. The summed E-state index contributed by atoms with van der Waals surface area (Å²) in [6, 6.07) is 3.45. The fraction of sp³-hybridized carbons (Fsp3) is 0.483. The zero-order chi connectivity index (χ0) is 30.3. The topological polar surface area (TPSA) is 117 Å². The van der Waals surface area contributed by atoms with Crippen LogP contribution in [0.2, 0.25) is 0 Å². The summed E-state index contributed by atoms with van der Waals surface area (Å²) < 4.78 is 39.0. The van der Waals surface area contributed by atoms with Crippen LogP contribution in [0.15, 0.2) is 24.5 Å². The van der Waals surface area contributed by atoms with Gasteiger partial charge in [-0.15, -0.1) is 0 Å². The Morgan fingerprint density at radius 3 is 2.48 bits per heavy atom. The Labute approximate surface area is 243 Å². The Morgan fingerprint density at radius 1 is 1.12 bits per heavy atom. The number of nitrogens with zero attached hydrogens (tertiary/aromatic N) is 7. The summed E-state index contributed by atoms with van der Waals surface area (Å²) in [6.45, 7) is 10.6. The number of amides is 1. The van der Waals surface area contributed by atoms with Crippen LogP contribution in [-0.4, -0.2) is 87.5 Å². The van der Waals surface area contributed by atoms with E-state index in [1.54, 1.807) is 30.4 Å². The molecule has 1 fully saturated rings. The molecule has 13 heteroatoms. The highest BCUT2D eigenvalue weighted by Crippen LogP contribution is 2.38. The number of benzene rings is 1. The molecule has 0 saturated carbocycles. The highest BCUT2D eigenvalue weighted by Gasteiger charge is 2.36. The fourth-order valence-corrected chi connectivity index (χ4v) is 5.29. The number of halogens is 1. The lowest BCUT2D eigenvalue weighted by atomic mass is 10.1. The highest BCUT2D eigenvalue weighted by atomic mass is 19.1. The predicted molar refractivity (Wildman–Crippen MR) is 155 cm³/mol. The van der Waals surface area contributed by atoms with Crippen molar-refractivity contribution in [1.82, 2.24) is 29.6 Å². The predicted octanol–water partition coefficient (Wildman–Crippen LogP) is 4.54. The molecule has 1 aromatic carbocycles.